The van der Waals surface area contributed by atoms with Crippen molar-refractivity contribution in [1.82, 2.24) is 4.90 Å². The number of piperidine rings is 1. The molecule has 5 heteroatoms. The van der Waals surface area contributed by atoms with E-state index in [4.69, 9.17) is 5.11 Å². The molecule has 1 amide bonds. The van der Waals surface area contributed by atoms with E-state index in [1.165, 1.54) is 10.4 Å². The fourth-order valence-corrected chi connectivity index (χ4v) is 4.05. The fourth-order valence-electron chi connectivity index (χ4n) is 2.98. The van der Waals surface area contributed by atoms with Gasteiger partial charge in [0.1, 0.15) is 0 Å². The molecule has 1 saturated heterocycles. The lowest BCUT2D eigenvalue weighted by Crippen LogP contribution is -2.43. The summed E-state index contributed by atoms with van der Waals surface area (Å²) in [7, 11) is 0. The van der Waals surface area contributed by atoms with Gasteiger partial charge in [-0.2, -0.15) is 0 Å². The second-order valence-electron chi connectivity index (χ2n) is 5.63. The quantitative estimate of drug-likeness (QED) is 0.906. The fraction of sp³-hybridized carbons (Fsp3) is 0.625. The van der Waals surface area contributed by atoms with Crippen LogP contribution in [0.25, 0.3) is 0 Å². The van der Waals surface area contributed by atoms with E-state index in [2.05, 4.69) is 13.8 Å². The first kappa shape index (κ1) is 16.0. The molecule has 0 saturated carbocycles. The minimum Gasteiger partial charge on any atom is -0.481 e. The van der Waals surface area contributed by atoms with E-state index in [0.29, 0.717) is 6.42 Å². The van der Waals surface area contributed by atoms with Crippen LogP contribution in [0, 0.1) is 6.92 Å². The highest BCUT2D eigenvalue weighted by Gasteiger charge is 2.28. The number of aryl methyl sites for hydroxylation is 2. The zero-order valence-corrected chi connectivity index (χ0v) is 13.5. The average Bonchev–Trinajstić information content (AvgIpc) is 2.85. The third kappa shape index (κ3) is 3.84. The Kier molecular flexibility index (Phi) is 5.39. The second-order valence-corrected chi connectivity index (χ2v) is 6.88. The summed E-state index contributed by atoms with van der Waals surface area (Å²) < 4.78 is 0. The SMILES string of the molecule is CCc1cc(C(=O)N2CCCCC2CCC(=O)O)sc1C. The van der Waals surface area contributed by atoms with Gasteiger partial charge in [-0.3, -0.25) is 9.59 Å². The van der Waals surface area contributed by atoms with Gasteiger partial charge in [-0.25, -0.2) is 0 Å². The number of hydrogen-bond acceptors (Lipinski definition) is 3. The maximum Gasteiger partial charge on any atom is 0.303 e. The summed E-state index contributed by atoms with van der Waals surface area (Å²) in [4.78, 5) is 27.4. The van der Waals surface area contributed by atoms with Crippen molar-refractivity contribution in [1.29, 1.82) is 0 Å². The van der Waals surface area contributed by atoms with Gasteiger partial charge in [-0.05, 0) is 50.7 Å². The van der Waals surface area contributed by atoms with Gasteiger partial charge in [-0.1, -0.05) is 6.92 Å². The Morgan fingerprint density at radius 3 is 2.81 bits per heavy atom. The van der Waals surface area contributed by atoms with Crippen LogP contribution in [0.2, 0.25) is 0 Å². The highest BCUT2D eigenvalue weighted by molar-refractivity contribution is 7.14. The topological polar surface area (TPSA) is 57.6 Å². The van der Waals surface area contributed by atoms with Crippen LogP contribution in [0.4, 0.5) is 0 Å². The van der Waals surface area contributed by atoms with Crippen molar-refractivity contribution in [2.75, 3.05) is 6.54 Å². The lowest BCUT2D eigenvalue weighted by Gasteiger charge is -2.35. The van der Waals surface area contributed by atoms with Crippen LogP contribution in [-0.2, 0) is 11.2 Å². The summed E-state index contributed by atoms with van der Waals surface area (Å²) in [5.74, 6) is -0.703. The van der Waals surface area contributed by atoms with Gasteiger partial charge >= 0.3 is 5.97 Å². The van der Waals surface area contributed by atoms with Crippen LogP contribution >= 0.6 is 11.3 Å². The maximum absolute atomic E-state index is 12.7. The van der Waals surface area contributed by atoms with E-state index in [1.807, 2.05) is 11.0 Å². The summed E-state index contributed by atoms with van der Waals surface area (Å²) >= 11 is 1.56. The third-order valence-corrected chi connectivity index (χ3v) is 5.27. The molecule has 2 heterocycles. The molecule has 21 heavy (non-hydrogen) atoms. The number of aliphatic carboxylic acids is 1. The van der Waals surface area contributed by atoms with E-state index in [0.717, 1.165) is 37.1 Å². The van der Waals surface area contributed by atoms with Gasteiger partial charge in [0.05, 0.1) is 4.88 Å². The lowest BCUT2D eigenvalue weighted by molar-refractivity contribution is -0.137. The standard InChI is InChI=1S/C16H23NO3S/c1-3-12-10-14(21-11(12)2)16(20)17-9-5-4-6-13(17)7-8-15(18)19/h10,13H,3-9H2,1-2H3,(H,18,19). The Bertz CT molecular complexity index is 524. The summed E-state index contributed by atoms with van der Waals surface area (Å²) in [6.45, 7) is 4.90. The summed E-state index contributed by atoms with van der Waals surface area (Å²) in [5.41, 5.74) is 1.24. The molecule has 2 rings (SSSR count). The van der Waals surface area contributed by atoms with Gasteiger partial charge in [0.15, 0.2) is 0 Å². The predicted octanol–water partition coefficient (Wildman–Crippen LogP) is 3.48. The number of nitrogens with zero attached hydrogens (tertiary/aromatic N) is 1. The molecule has 1 unspecified atom stereocenters. The van der Waals surface area contributed by atoms with Crippen molar-refractivity contribution in [2.24, 2.45) is 0 Å². The molecule has 1 fully saturated rings. The molecule has 0 radical (unpaired) electrons. The summed E-state index contributed by atoms with van der Waals surface area (Å²) in [6, 6.07) is 2.08. The van der Waals surface area contributed by atoms with E-state index in [1.54, 1.807) is 11.3 Å². The van der Waals surface area contributed by atoms with Crippen LogP contribution in [0.1, 0.15) is 59.1 Å². The molecular weight excluding hydrogens is 286 g/mol. The summed E-state index contributed by atoms with van der Waals surface area (Å²) in [6.07, 6.45) is 4.66. The van der Waals surface area contributed by atoms with Crippen molar-refractivity contribution in [2.45, 2.75) is 58.4 Å². The van der Waals surface area contributed by atoms with Gasteiger partial charge < -0.3 is 10.0 Å². The zero-order chi connectivity index (χ0) is 15.4. The lowest BCUT2D eigenvalue weighted by atomic mass is 9.97. The van der Waals surface area contributed by atoms with E-state index in [9.17, 15) is 9.59 Å². The van der Waals surface area contributed by atoms with Crippen molar-refractivity contribution in [3.05, 3.63) is 21.4 Å². The number of carbonyl (C=O) groups is 2. The molecule has 4 nitrogen and oxygen atoms in total. The molecule has 1 aromatic rings. The zero-order valence-electron chi connectivity index (χ0n) is 12.7. The van der Waals surface area contributed by atoms with Gasteiger partial charge in [-0.15, -0.1) is 11.3 Å². The number of amides is 1. The van der Waals surface area contributed by atoms with Crippen LogP contribution in [0.3, 0.4) is 0 Å². The molecule has 0 aliphatic carbocycles. The van der Waals surface area contributed by atoms with E-state index >= 15 is 0 Å². The van der Waals surface area contributed by atoms with Gasteiger partial charge in [0, 0.05) is 23.9 Å². The smallest absolute Gasteiger partial charge is 0.303 e. The first-order valence-electron chi connectivity index (χ1n) is 7.65. The minimum atomic E-state index is -0.784. The number of carboxylic acid groups (broad SMARTS) is 1. The van der Waals surface area contributed by atoms with Crippen molar-refractivity contribution in [3.63, 3.8) is 0 Å². The molecular formula is C16H23NO3S. The largest absolute Gasteiger partial charge is 0.481 e. The average molecular weight is 309 g/mol. The Labute approximate surface area is 129 Å². The Balaban J connectivity index is 2.11. The number of carbonyl (C=O) groups excluding carboxylic acids is 1. The number of thiophene rings is 1. The van der Waals surface area contributed by atoms with E-state index in [-0.39, 0.29) is 18.4 Å². The number of hydrogen-bond donors (Lipinski definition) is 1. The molecule has 0 spiro atoms. The molecule has 0 bridgehead atoms. The second kappa shape index (κ2) is 7.07. The number of likely N-dealkylation sites (tertiary alicyclic amines) is 1. The van der Waals surface area contributed by atoms with Crippen molar-refractivity contribution in [3.8, 4) is 0 Å². The monoisotopic (exact) mass is 309 g/mol. The predicted molar refractivity (Wildman–Crippen MR) is 84.0 cm³/mol. The molecule has 1 aliphatic heterocycles. The Morgan fingerprint density at radius 1 is 1.43 bits per heavy atom. The molecule has 116 valence electrons. The first-order valence-corrected chi connectivity index (χ1v) is 8.46. The molecule has 0 aromatic carbocycles. The maximum atomic E-state index is 12.7. The van der Waals surface area contributed by atoms with Crippen LogP contribution < -0.4 is 0 Å². The number of carboxylic acids is 1. The summed E-state index contributed by atoms with van der Waals surface area (Å²) in [5, 5.41) is 8.86. The minimum absolute atomic E-state index is 0.0785. The van der Waals surface area contributed by atoms with Crippen LogP contribution in [0.15, 0.2) is 6.07 Å². The highest BCUT2D eigenvalue weighted by atomic mass is 32.1. The molecule has 1 N–H and O–H groups in total. The van der Waals surface area contributed by atoms with Crippen molar-refractivity contribution >= 4 is 23.2 Å². The third-order valence-electron chi connectivity index (χ3n) is 4.19. The molecule has 1 aliphatic rings. The Hall–Kier alpha value is -1.36. The number of rotatable bonds is 5. The van der Waals surface area contributed by atoms with Gasteiger partial charge in [0.25, 0.3) is 5.91 Å². The first-order chi connectivity index (χ1) is 10.0. The van der Waals surface area contributed by atoms with Gasteiger partial charge in [0.2, 0.25) is 0 Å². The molecule has 1 atom stereocenters. The normalized spacial score (nSPS) is 18.8. The molecule has 1 aromatic heterocycles. The van der Waals surface area contributed by atoms with Crippen LogP contribution in [0.5, 0.6) is 0 Å². The van der Waals surface area contributed by atoms with Crippen molar-refractivity contribution < 1.29 is 14.7 Å². The Morgan fingerprint density at radius 2 is 2.19 bits per heavy atom. The highest BCUT2D eigenvalue weighted by Crippen LogP contribution is 2.28. The van der Waals surface area contributed by atoms with Crippen LogP contribution in [-0.4, -0.2) is 34.5 Å². The van der Waals surface area contributed by atoms with E-state index < -0.39 is 5.97 Å².